The largest absolute Gasteiger partial charge is 0.464 e. The number of amides is 1. The molecular formula is C19H18ClNO3. The van der Waals surface area contributed by atoms with Gasteiger partial charge in [-0.05, 0) is 11.1 Å². The maximum absolute atomic E-state index is 12.8. The maximum Gasteiger partial charge on any atom is 0.354 e. The van der Waals surface area contributed by atoms with Crippen LogP contribution in [0.2, 0.25) is 0 Å². The van der Waals surface area contributed by atoms with E-state index in [0.29, 0.717) is 5.56 Å². The number of methoxy groups -OCH3 is 1. The van der Waals surface area contributed by atoms with Crippen LogP contribution in [-0.2, 0) is 20.9 Å². The quantitative estimate of drug-likeness (QED) is 0.456. The zero-order chi connectivity index (χ0) is 17.5. The fourth-order valence-corrected chi connectivity index (χ4v) is 2.47. The van der Waals surface area contributed by atoms with Gasteiger partial charge in [0.2, 0.25) is 5.91 Å². The Bertz CT molecular complexity index is 716. The highest BCUT2D eigenvalue weighted by molar-refractivity contribution is 6.31. The zero-order valence-corrected chi connectivity index (χ0v) is 14.1. The third-order valence-corrected chi connectivity index (χ3v) is 3.94. The summed E-state index contributed by atoms with van der Waals surface area (Å²) in [7, 11) is 1.24. The van der Waals surface area contributed by atoms with E-state index in [4.69, 9.17) is 16.3 Å². The van der Waals surface area contributed by atoms with Crippen molar-refractivity contribution in [3.8, 4) is 0 Å². The molecule has 0 spiro atoms. The summed E-state index contributed by atoms with van der Waals surface area (Å²) in [6.45, 7) is 3.88. The highest BCUT2D eigenvalue weighted by Gasteiger charge is 2.29. The van der Waals surface area contributed by atoms with Gasteiger partial charge in [0, 0.05) is 0 Å². The van der Waals surface area contributed by atoms with E-state index >= 15 is 0 Å². The van der Waals surface area contributed by atoms with Gasteiger partial charge in [-0.3, -0.25) is 4.79 Å². The monoisotopic (exact) mass is 343 g/mol. The van der Waals surface area contributed by atoms with Crippen molar-refractivity contribution < 1.29 is 14.3 Å². The van der Waals surface area contributed by atoms with Crippen molar-refractivity contribution in [1.82, 2.24) is 4.90 Å². The van der Waals surface area contributed by atoms with Crippen LogP contribution in [0.3, 0.4) is 0 Å². The van der Waals surface area contributed by atoms with Gasteiger partial charge in [-0.15, -0.1) is 11.6 Å². The predicted octanol–water partition coefficient (Wildman–Crippen LogP) is 3.68. The number of carbonyl (C=O) groups excluding carboxylic acids is 2. The van der Waals surface area contributed by atoms with Gasteiger partial charge in [-0.1, -0.05) is 67.2 Å². The van der Waals surface area contributed by atoms with Crippen LogP contribution in [-0.4, -0.2) is 23.9 Å². The van der Waals surface area contributed by atoms with Gasteiger partial charge in [-0.2, -0.15) is 0 Å². The van der Waals surface area contributed by atoms with E-state index in [9.17, 15) is 9.59 Å². The zero-order valence-electron chi connectivity index (χ0n) is 13.3. The van der Waals surface area contributed by atoms with Gasteiger partial charge >= 0.3 is 5.97 Å². The number of hydrogen-bond donors (Lipinski definition) is 0. The average Bonchev–Trinajstić information content (AvgIpc) is 2.65. The molecule has 2 aromatic carbocycles. The van der Waals surface area contributed by atoms with Gasteiger partial charge in [0.25, 0.3) is 0 Å². The van der Waals surface area contributed by atoms with Crippen LogP contribution >= 0.6 is 11.6 Å². The number of ether oxygens (including phenoxy) is 1. The first-order valence-electron chi connectivity index (χ1n) is 7.36. The van der Waals surface area contributed by atoms with Gasteiger partial charge in [0.15, 0.2) is 0 Å². The molecular weight excluding hydrogens is 326 g/mol. The molecule has 124 valence electrons. The van der Waals surface area contributed by atoms with E-state index in [1.165, 1.54) is 12.0 Å². The Kier molecular flexibility index (Phi) is 6.15. The standard InChI is InChI=1S/C19H18ClNO3/c1-14(19(23)24-2)21(13-15-9-5-3-6-10-15)18(22)17(20)16-11-7-4-8-12-16/h3-12,17H,1,13H2,2H3. The van der Waals surface area contributed by atoms with Crippen LogP contribution in [0.15, 0.2) is 72.9 Å². The molecule has 5 heteroatoms. The molecule has 0 heterocycles. The molecule has 1 unspecified atom stereocenters. The lowest BCUT2D eigenvalue weighted by molar-refractivity contribution is -0.142. The van der Waals surface area contributed by atoms with Crippen molar-refractivity contribution in [2.45, 2.75) is 11.9 Å². The number of esters is 1. The van der Waals surface area contributed by atoms with E-state index in [-0.39, 0.29) is 12.2 Å². The van der Waals surface area contributed by atoms with Crippen LogP contribution in [0.4, 0.5) is 0 Å². The predicted molar refractivity (Wildman–Crippen MR) is 93.2 cm³/mol. The number of rotatable bonds is 6. The molecule has 0 aromatic heterocycles. The van der Waals surface area contributed by atoms with E-state index in [2.05, 4.69) is 6.58 Å². The summed E-state index contributed by atoms with van der Waals surface area (Å²) in [5, 5.41) is -0.920. The normalized spacial score (nSPS) is 11.4. The molecule has 2 rings (SSSR count). The number of alkyl halides is 1. The minimum atomic E-state index is -0.920. The van der Waals surface area contributed by atoms with Crippen LogP contribution < -0.4 is 0 Å². The van der Waals surface area contributed by atoms with Crippen LogP contribution in [0.5, 0.6) is 0 Å². The number of benzene rings is 2. The fourth-order valence-electron chi connectivity index (χ4n) is 2.20. The summed E-state index contributed by atoms with van der Waals surface area (Å²) in [5.74, 6) is -1.10. The molecule has 0 saturated heterocycles. The Morgan fingerprint density at radius 2 is 1.62 bits per heavy atom. The van der Waals surface area contributed by atoms with Crippen molar-refractivity contribution >= 4 is 23.5 Å². The van der Waals surface area contributed by atoms with Crippen molar-refractivity contribution in [2.24, 2.45) is 0 Å². The molecule has 0 aliphatic rings. The smallest absolute Gasteiger partial charge is 0.354 e. The van der Waals surface area contributed by atoms with Crippen LogP contribution in [0.1, 0.15) is 16.5 Å². The molecule has 1 atom stereocenters. The highest BCUT2D eigenvalue weighted by Crippen LogP contribution is 2.25. The second-order valence-electron chi connectivity index (χ2n) is 5.12. The van der Waals surface area contributed by atoms with E-state index in [1.807, 2.05) is 36.4 Å². The minimum absolute atomic E-state index is 0.0482. The first-order valence-corrected chi connectivity index (χ1v) is 7.79. The molecule has 0 saturated carbocycles. The Labute approximate surface area is 146 Å². The third-order valence-electron chi connectivity index (χ3n) is 3.51. The van der Waals surface area contributed by atoms with Crippen LogP contribution in [0.25, 0.3) is 0 Å². The summed E-state index contributed by atoms with van der Waals surface area (Å²) in [6.07, 6.45) is 0. The number of nitrogens with zero attached hydrogens (tertiary/aromatic N) is 1. The molecule has 4 nitrogen and oxygen atoms in total. The molecule has 0 fully saturated rings. The summed E-state index contributed by atoms with van der Waals surface area (Å²) in [4.78, 5) is 25.9. The van der Waals surface area contributed by atoms with Crippen molar-refractivity contribution in [2.75, 3.05) is 7.11 Å². The second-order valence-corrected chi connectivity index (χ2v) is 5.56. The lowest BCUT2D eigenvalue weighted by Gasteiger charge is -2.25. The van der Waals surface area contributed by atoms with E-state index in [1.54, 1.807) is 24.3 Å². The van der Waals surface area contributed by atoms with Crippen molar-refractivity contribution in [1.29, 1.82) is 0 Å². The van der Waals surface area contributed by atoms with E-state index in [0.717, 1.165) is 5.56 Å². The van der Waals surface area contributed by atoms with Gasteiger partial charge in [0.1, 0.15) is 11.1 Å². The Morgan fingerprint density at radius 3 is 2.17 bits per heavy atom. The van der Waals surface area contributed by atoms with Crippen molar-refractivity contribution in [3.63, 3.8) is 0 Å². The first-order chi connectivity index (χ1) is 11.5. The van der Waals surface area contributed by atoms with Gasteiger partial charge in [-0.25, -0.2) is 4.79 Å². The molecule has 0 radical (unpaired) electrons. The molecule has 1 amide bonds. The molecule has 0 bridgehead atoms. The summed E-state index contributed by atoms with van der Waals surface area (Å²) >= 11 is 6.33. The van der Waals surface area contributed by atoms with E-state index < -0.39 is 17.3 Å². The molecule has 24 heavy (non-hydrogen) atoms. The van der Waals surface area contributed by atoms with Crippen LogP contribution in [0, 0.1) is 0 Å². The lowest BCUT2D eigenvalue weighted by atomic mass is 10.1. The maximum atomic E-state index is 12.8. The Balaban J connectivity index is 2.29. The Morgan fingerprint density at radius 1 is 1.08 bits per heavy atom. The first kappa shape index (κ1) is 17.8. The average molecular weight is 344 g/mol. The van der Waals surface area contributed by atoms with Crippen molar-refractivity contribution in [3.05, 3.63) is 84.1 Å². The molecule has 2 aromatic rings. The molecule has 0 N–H and O–H groups in total. The Hall–Kier alpha value is -2.59. The summed E-state index contributed by atoms with van der Waals surface area (Å²) < 4.78 is 4.69. The minimum Gasteiger partial charge on any atom is -0.464 e. The fraction of sp³-hybridized carbons (Fsp3) is 0.158. The summed E-state index contributed by atoms with van der Waals surface area (Å²) in [5.41, 5.74) is 1.46. The molecule has 0 aliphatic heterocycles. The van der Waals surface area contributed by atoms with Gasteiger partial charge in [0.05, 0.1) is 13.7 Å². The summed E-state index contributed by atoms with van der Waals surface area (Å²) in [6, 6.07) is 18.3. The topological polar surface area (TPSA) is 46.6 Å². The number of carbonyl (C=O) groups is 2. The lowest BCUT2D eigenvalue weighted by Crippen LogP contribution is -2.35. The number of halogens is 1. The molecule has 0 aliphatic carbocycles. The SMILES string of the molecule is C=C(C(=O)OC)N(Cc1ccccc1)C(=O)C(Cl)c1ccccc1. The highest BCUT2D eigenvalue weighted by atomic mass is 35.5. The second kappa shape index (κ2) is 8.31. The van der Waals surface area contributed by atoms with Gasteiger partial charge < -0.3 is 9.64 Å². The number of hydrogen-bond acceptors (Lipinski definition) is 3. The third kappa shape index (κ3) is 4.24.